The van der Waals surface area contributed by atoms with E-state index < -0.39 is 0 Å². The van der Waals surface area contributed by atoms with Crippen molar-refractivity contribution in [1.29, 1.82) is 0 Å². The van der Waals surface area contributed by atoms with Gasteiger partial charge in [0.2, 0.25) is 0 Å². The van der Waals surface area contributed by atoms with Crippen LogP contribution in [0, 0.1) is 0 Å². The fraction of sp³-hybridized carbons (Fsp3) is 0.200. The zero-order chi connectivity index (χ0) is 11.0. The molecule has 80 valence electrons. The molecule has 2 aromatic carbocycles. The first-order chi connectivity index (χ1) is 7.92. The molecule has 2 aromatic rings. The molecule has 0 aliphatic heterocycles. The molecule has 1 heteroatoms. The lowest BCUT2D eigenvalue weighted by Gasteiger charge is -2.11. The molecule has 16 heavy (non-hydrogen) atoms. The van der Waals surface area contributed by atoms with Crippen LogP contribution in [-0.4, -0.2) is 4.43 Å². The lowest BCUT2D eigenvalue weighted by Crippen LogP contribution is -1.96. The van der Waals surface area contributed by atoms with E-state index in [9.17, 15) is 0 Å². The molecule has 0 fully saturated rings. The zero-order valence-electron chi connectivity index (χ0n) is 8.99. The summed E-state index contributed by atoms with van der Waals surface area (Å²) in [6.07, 6.45) is 1.24. The van der Waals surface area contributed by atoms with E-state index in [1.54, 1.807) is 0 Å². The fourth-order valence-electron chi connectivity index (χ4n) is 2.68. The highest BCUT2D eigenvalue weighted by Crippen LogP contribution is 2.46. The Bertz CT molecular complexity index is 471. The molecular weight excluding hydrogens is 307 g/mol. The number of fused-ring (bicyclic) bond motifs is 3. The van der Waals surface area contributed by atoms with E-state index in [2.05, 4.69) is 71.1 Å². The van der Waals surface area contributed by atoms with Gasteiger partial charge in [0, 0.05) is 10.3 Å². The van der Waals surface area contributed by atoms with Crippen LogP contribution in [-0.2, 0) is 0 Å². The topological polar surface area (TPSA) is 0 Å². The molecule has 0 unspecified atom stereocenters. The van der Waals surface area contributed by atoms with Crippen LogP contribution in [0.5, 0.6) is 0 Å². The number of hydrogen-bond donors (Lipinski definition) is 0. The van der Waals surface area contributed by atoms with Crippen molar-refractivity contribution in [3.8, 4) is 11.1 Å². The Balaban J connectivity index is 2.21. The van der Waals surface area contributed by atoms with Crippen molar-refractivity contribution in [2.24, 2.45) is 0 Å². The summed E-state index contributed by atoms with van der Waals surface area (Å²) in [5.41, 5.74) is 5.90. The number of rotatable bonds is 2. The van der Waals surface area contributed by atoms with Gasteiger partial charge >= 0.3 is 0 Å². The second kappa shape index (κ2) is 4.21. The van der Waals surface area contributed by atoms with Gasteiger partial charge in [-0.3, -0.25) is 0 Å². The molecule has 0 amide bonds. The smallest absolute Gasteiger partial charge is 0.0109 e. The van der Waals surface area contributed by atoms with Crippen LogP contribution in [0.1, 0.15) is 23.5 Å². The Hall–Kier alpha value is -0.830. The van der Waals surface area contributed by atoms with Crippen LogP contribution in [0.25, 0.3) is 11.1 Å². The summed E-state index contributed by atoms with van der Waals surface area (Å²) < 4.78 is 1.21. The van der Waals surface area contributed by atoms with Gasteiger partial charge in [-0.15, -0.1) is 0 Å². The van der Waals surface area contributed by atoms with E-state index in [4.69, 9.17) is 0 Å². The Morgan fingerprint density at radius 2 is 1.31 bits per heavy atom. The molecule has 0 saturated carbocycles. The Morgan fingerprint density at radius 3 is 1.81 bits per heavy atom. The van der Waals surface area contributed by atoms with E-state index in [1.807, 2.05) is 0 Å². The second-order valence-electron chi connectivity index (χ2n) is 4.20. The van der Waals surface area contributed by atoms with Gasteiger partial charge < -0.3 is 0 Å². The Morgan fingerprint density at radius 1 is 0.812 bits per heavy atom. The summed E-state index contributed by atoms with van der Waals surface area (Å²) in [5.74, 6) is 0.615. The van der Waals surface area contributed by atoms with Crippen molar-refractivity contribution in [2.45, 2.75) is 12.3 Å². The highest BCUT2D eigenvalue weighted by molar-refractivity contribution is 14.1. The van der Waals surface area contributed by atoms with E-state index in [-0.39, 0.29) is 0 Å². The van der Waals surface area contributed by atoms with Crippen molar-refractivity contribution in [1.82, 2.24) is 0 Å². The van der Waals surface area contributed by atoms with Gasteiger partial charge in [0.25, 0.3) is 0 Å². The largest absolute Gasteiger partial charge is 0.0863 e. The van der Waals surface area contributed by atoms with E-state index in [0.717, 1.165) is 0 Å². The quantitative estimate of drug-likeness (QED) is 0.559. The Labute approximate surface area is 110 Å². The third-order valence-corrected chi connectivity index (χ3v) is 3.98. The Kier molecular flexibility index (Phi) is 2.72. The van der Waals surface area contributed by atoms with Crippen LogP contribution >= 0.6 is 22.6 Å². The van der Waals surface area contributed by atoms with Gasteiger partial charge in [0.15, 0.2) is 0 Å². The lowest BCUT2D eigenvalue weighted by molar-refractivity contribution is 0.814. The van der Waals surface area contributed by atoms with Gasteiger partial charge in [-0.25, -0.2) is 0 Å². The fourth-order valence-corrected chi connectivity index (χ4v) is 3.30. The van der Waals surface area contributed by atoms with Gasteiger partial charge in [-0.1, -0.05) is 71.1 Å². The summed E-state index contributed by atoms with van der Waals surface area (Å²) >= 11 is 2.47. The summed E-state index contributed by atoms with van der Waals surface area (Å²) in [6.45, 7) is 0. The van der Waals surface area contributed by atoms with Crippen LogP contribution in [0.2, 0.25) is 0 Å². The van der Waals surface area contributed by atoms with Crippen LogP contribution in [0.4, 0.5) is 0 Å². The first-order valence-electron chi connectivity index (χ1n) is 5.66. The van der Waals surface area contributed by atoms with Gasteiger partial charge in [-0.05, 0) is 28.7 Å². The summed E-state index contributed by atoms with van der Waals surface area (Å²) in [4.78, 5) is 0. The molecule has 0 aromatic heterocycles. The lowest BCUT2D eigenvalue weighted by atomic mass is 9.95. The molecule has 0 bridgehead atoms. The standard InChI is InChI=1S/C15H13I/c16-10-9-15-13-7-3-1-5-11(13)12-6-2-4-8-14(12)15/h1-8,15H,9-10H2. The van der Waals surface area contributed by atoms with E-state index in [1.165, 1.54) is 33.1 Å². The number of halogens is 1. The van der Waals surface area contributed by atoms with Crippen molar-refractivity contribution >= 4 is 22.6 Å². The maximum Gasteiger partial charge on any atom is 0.0109 e. The van der Waals surface area contributed by atoms with Gasteiger partial charge in [0.05, 0.1) is 0 Å². The van der Waals surface area contributed by atoms with Crippen molar-refractivity contribution < 1.29 is 0 Å². The van der Waals surface area contributed by atoms with E-state index in [0.29, 0.717) is 5.92 Å². The van der Waals surface area contributed by atoms with Crippen molar-refractivity contribution in [3.05, 3.63) is 59.7 Å². The van der Waals surface area contributed by atoms with Crippen molar-refractivity contribution in [2.75, 3.05) is 4.43 Å². The molecule has 1 aliphatic rings. The summed E-state index contributed by atoms with van der Waals surface area (Å²) in [6, 6.07) is 17.7. The molecule has 0 heterocycles. The molecule has 0 nitrogen and oxygen atoms in total. The predicted molar refractivity (Wildman–Crippen MR) is 77.2 cm³/mol. The van der Waals surface area contributed by atoms with Crippen molar-refractivity contribution in [3.63, 3.8) is 0 Å². The molecule has 0 radical (unpaired) electrons. The first kappa shape index (κ1) is 10.3. The average molecular weight is 320 g/mol. The SMILES string of the molecule is ICCC1c2ccccc2-c2ccccc21. The maximum atomic E-state index is 2.47. The molecule has 1 aliphatic carbocycles. The molecule has 0 saturated heterocycles. The normalized spacial score (nSPS) is 13.6. The van der Waals surface area contributed by atoms with Gasteiger partial charge in [-0.2, -0.15) is 0 Å². The third-order valence-electron chi connectivity index (χ3n) is 3.36. The highest BCUT2D eigenvalue weighted by Gasteiger charge is 2.26. The molecule has 0 atom stereocenters. The van der Waals surface area contributed by atoms with E-state index >= 15 is 0 Å². The second-order valence-corrected chi connectivity index (χ2v) is 5.28. The number of hydrogen-bond acceptors (Lipinski definition) is 0. The van der Waals surface area contributed by atoms with Gasteiger partial charge in [0.1, 0.15) is 0 Å². The predicted octanol–water partition coefficient (Wildman–Crippen LogP) is 4.62. The zero-order valence-corrected chi connectivity index (χ0v) is 11.1. The third kappa shape index (κ3) is 1.49. The molecule has 0 spiro atoms. The summed E-state index contributed by atoms with van der Waals surface area (Å²) in [7, 11) is 0. The average Bonchev–Trinajstić information content (AvgIpc) is 2.66. The highest BCUT2D eigenvalue weighted by atomic mass is 127. The number of alkyl halides is 1. The minimum absolute atomic E-state index is 0.615. The van der Waals surface area contributed by atoms with Crippen LogP contribution in [0.3, 0.4) is 0 Å². The van der Waals surface area contributed by atoms with Crippen LogP contribution < -0.4 is 0 Å². The minimum Gasteiger partial charge on any atom is -0.0863 e. The first-order valence-corrected chi connectivity index (χ1v) is 7.18. The molecule has 0 N–H and O–H groups in total. The minimum atomic E-state index is 0.615. The summed E-state index contributed by atoms with van der Waals surface area (Å²) in [5, 5.41) is 0. The molecular formula is C15H13I. The molecule has 3 rings (SSSR count). The monoisotopic (exact) mass is 320 g/mol. The number of benzene rings is 2. The maximum absolute atomic E-state index is 2.47. The van der Waals surface area contributed by atoms with Crippen LogP contribution in [0.15, 0.2) is 48.5 Å².